The molecule has 0 saturated heterocycles. The minimum Gasteiger partial charge on any atom is -0.484 e. The Hall–Kier alpha value is -3.53. The zero-order chi connectivity index (χ0) is 21.4. The summed E-state index contributed by atoms with van der Waals surface area (Å²) in [7, 11) is 0. The van der Waals surface area contributed by atoms with Gasteiger partial charge < -0.3 is 21.1 Å². The fraction of sp³-hybridized carbons (Fsp3) is 0.167. The summed E-state index contributed by atoms with van der Waals surface area (Å²) in [6.07, 6.45) is 2.69. The number of hydrogen-bond donors (Lipinski definition) is 3. The van der Waals surface area contributed by atoms with Crippen molar-refractivity contribution >= 4 is 29.3 Å². The van der Waals surface area contributed by atoms with E-state index >= 15 is 0 Å². The molecule has 3 amide bonds. The van der Waals surface area contributed by atoms with Crippen LogP contribution in [0.4, 0.5) is 4.39 Å². The lowest BCUT2D eigenvalue weighted by atomic mass is 10.2. The monoisotopic (exact) mass is 421 g/mol. The van der Waals surface area contributed by atoms with Crippen LogP contribution in [0.25, 0.3) is 0 Å². The molecular weight excluding hydrogens is 405 g/mol. The van der Waals surface area contributed by atoms with Crippen LogP contribution in [-0.2, 0) is 4.79 Å². The normalized spacial score (nSPS) is 10.1. The summed E-state index contributed by atoms with van der Waals surface area (Å²) in [5.41, 5.74) is 4.94. The van der Waals surface area contributed by atoms with Crippen molar-refractivity contribution in [1.82, 2.24) is 20.6 Å². The van der Waals surface area contributed by atoms with Gasteiger partial charge in [0.1, 0.15) is 11.6 Å². The second kappa shape index (κ2) is 10.1. The van der Waals surface area contributed by atoms with Gasteiger partial charge in [-0.05, 0) is 12.1 Å². The number of halogens is 2. The molecule has 0 saturated carbocycles. The number of hydrogen-bond acceptors (Lipinski definition) is 6. The number of carbonyl (C=O) groups is 3. The summed E-state index contributed by atoms with van der Waals surface area (Å²) in [6, 6.07) is 3.82. The number of aromatic nitrogens is 2. The van der Waals surface area contributed by atoms with Crippen LogP contribution in [0.15, 0.2) is 42.9 Å². The number of rotatable bonds is 9. The van der Waals surface area contributed by atoms with Crippen LogP contribution in [0.3, 0.4) is 0 Å². The van der Waals surface area contributed by atoms with E-state index in [0.29, 0.717) is 0 Å². The predicted molar refractivity (Wildman–Crippen MR) is 102 cm³/mol. The summed E-state index contributed by atoms with van der Waals surface area (Å²) in [5.74, 6) is -2.53. The van der Waals surface area contributed by atoms with Crippen molar-refractivity contribution in [3.8, 4) is 5.75 Å². The fourth-order valence-electron chi connectivity index (χ4n) is 2.09. The summed E-state index contributed by atoms with van der Waals surface area (Å²) in [5, 5.41) is 4.96. The Balaban J connectivity index is 1.75. The van der Waals surface area contributed by atoms with Gasteiger partial charge in [0.25, 0.3) is 17.7 Å². The molecule has 2 aromatic rings. The van der Waals surface area contributed by atoms with Gasteiger partial charge in [0.2, 0.25) is 0 Å². The quantitative estimate of drug-likeness (QED) is 0.556. The first kappa shape index (κ1) is 21.8. The molecule has 0 radical (unpaired) electrons. The third-order valence-corrected chi connectivity index (χ3v) is 3.75. The zero-order valence-electron chi connectivity index (χ0n) is 15.1. The molecule has 29 heavy (non-hydrogen) atoms. The van der Waals surface area contributed by atoms with Crippen molar-refractivity contribution in [3.05, 3.63) is 65.1 Å². The van der Waals surface area contributed by atoms with Crippen molar-refractivity contribution in [3.63, 3.8) is 0 Å². The maximum atomic E-state index is 13.3. The van der Waals surface area contributed by atoms with Crippen LogP contribution in [-0.4, -0.2) is 40.8 Å². The summed E-state index contributed by atoms with van der Waals surface area (Å²) in [6.45, 7) is 3.49. The van der Waals surface area contributed by atoms with Crippen molar-refractivity contribution < 1.29 is 23.5 Å². The molecular formula is C18H17ClFN5O4. The van der Waals surface area contributed by atoms with E-state index in [-0.39, 0.29) is 47.4 Å². The van der Waals surface area contributed by atoms with E-state index in [1.807, 2.05) is 0 Å². The molecule has 1 aromatic carbocycles. The highest BCUT2D eigenvalue weighted by Gasteiger charge is 2.18. The maximum absolute atomic E-state index is 13.3. The standard InChI is InChI=1S/C18H17ClFN5O4/c1-10(25-18(28)16-15(17(21)27)23-6-7-24-16)4-5-22-14(26)9-29-11-2-3-12(19)13(20)8-11/h2-3,6-8H,1,4-5,9H2,(H2,21,27)(H,22,26)(H,25,28). The molecule has 0 aliphatic carbocycles. The lowest BCUT2D eigenvalue weighted by Crippen LogP contribution is -2.32. The SMILES string of the molecule is C=C(CCNC(=O)COc1ccc(Cl)c(F)c1)NC(=O)c1nccnc1C(N)=O. The fourth-order valence-corrected chi connectivity index (χ4v) is 2.20. The van der Waals surface area contributed by atoms with E-state index in [0.717, 1.165) is 6.07 Å². The Morgan fingerprint density at radius 1 is 1.21 bits per heavy atom. The molecule has 0 aliphatic heterocycles. The third-order valence-electron chi connectivity index (χ3n) is 3.45. The van der Waals surface area contributed by atoms with Gasteiger partial charge in [-0.2, -0.15) is 0 Å². The van der Waals surface area contributed by atoms with Crippen LogP contribution in [0.1, 0.15) is 27.4 Å². The Bertz CT molecular complexity index is 954. The van der Waals surface area contributed by atoms with Gasteiger partial charge in [0.05, 0.1) is 5.02 Å². The molecule has 1 aromatic heterocycles. The molecule has 0 aliphatic rings. The topological polar surface area (TPSA) is 136 Å². The Kier molecular flexibility index (Phi) is 7.61. The second-order valence-corrected chi connectivity index (χ2v) is 6.05. The number of amides is 3. The molecule has 0 fully saturated rings. The Morgan fingerprint density at radius 3 is 2.55 bits per heavy atom. The number of nitrogens with two attached hydrogens (primary N) is 1. The van der Waals surface area contributed by atoms with Gasteiger partial charge in [-0.1, -0.05) is 18.2 Å². The largest absolute Gasteiger partial charge is 0.484 e. The highest BCUT2D eigenvalue weighted by atomic mass is 35.5. The van der Waals surface area contributed by atoms with Crippen molar-refractivity contribution in [2.24, 2.45) is 5.73 Å². The number of primary amides is 1. The molecule has 0 unspecified atom stereocenters. The van der Waals surface area contributed by atoms with Crippen LogP contribution < -0.4 is 21.1 Å². The molecule has 4 N–H and O–H groups in total. The first-order valence-electron chi connectivity index (χ1n) is 8.22. The van der Waals surface area contributed by atoms with Crippen molar-refractivity contribution in [1.29, 1.82) is 0 Å². The molecule has 11 heteroatoms. The molecule has 0 spiro atoms. The van der Waals surface area contributed by atoms with Crippen LogP contribution in [0.5, 0.6) is 5.75 Å². The van der Waals surface area contributed by atoms with Gasteiger partial charge in [0.15, 0.2) is 18.0 Å². The van der Waals surface area contributed by atoms with Crippen LogP contribution in [0, 0.1) is 5.82 Å². The molecule has 1 heterocycles. The third kappa shape index (κ3) is 6.54. The van der Waals surface area contributed by atoms with Gasteiger partial charge >= 0.3 is 0 Å². The van der Waals surface area contributed by atoms with Crippen LogP contribution >= 0.6 is 11.6 Å². The van der Waals surface area contributed by atoms with Gasteiger partial charge in [-0.15, -0.1) is 0 Å². The van der Waals surface area contributed by atoms with Gasteiger partial charge in [-0.25, -0.2) is 14.4 Å². The van der Waals surface area contributed by atoms with Gasteiger partial charge in [-0.3, -0.25) is 14.4 Å². The Morgan fingerprint density at radius 2 is 1.90 bits per heavy atom. The average molecular weight is 422 g/mol. The van der Waals surface area contributed by atoms with E-state index in [1.54, 1.807) is 0 Å². The molecule has 9 nitrogen and oxygen atoms in total. The predicted octanol–water partition coefficient (Wildman–Crippen LogP) is 1.20. The lowest BCUT2D eigenvalue weighted by molar-refractivity contribution is -0.123. The van der Waals surface area contributed by atoms with Crippen molar-refractivity contribution in [2.45, 2.75) is 6.42 Å². The first-order chi connectivity index (χ1) is 13.8. The number of ether oxygens (including phenoxy) is 1. The number of benzene rings is 1. The van der Waals surface area contributed by atoms with E-state index in [4.69, 9.17) is 22.1 Å². The van der Waals surface area contributed by atoms with E-state index < -0.39 is 23.5 Å². The van der Waals surface area contributed by atoms with E-state index in [9.17, 15) is 18.8 Å². The van der Waals surface area contributed by atoms with Crippen molar-refractivity contribution in [2.75, 3.05) is 13.2 Å². The molecule has 0 bridgehead atoms. The summed E-state index contributed by atoms with van der Waals surface area (Å²) in [4.78, 5) is 42.7. The van der Waals surface area contributed by atoms with Gasteiger partial charge in [0, 0.05) is 37.1 Å². The maximum Gasteiger partial charge on any atom is 0.276 e. The average Bonchev–Trinajstić information content (AvgIpc) is 2.68. The first-order valence-corrected chi connectivity index (χ1v) is 8.60. The Labute approximate surface area is 170 Å². The van der Waals surface area contributed by atoms with Crippen LogP contribution in [0.2, 0.25) is 5.02 Å². The zero-order valence-corrected chi connectivity index (χ0v) is 15.8. The second-order valence-electron chi connectivity index (χ2n) is 5.64. The van der Waals surface area contributed by atoms with E-state index in [2.05, 4.69) is 27.2 Å². The molecule has 152 valence electrons. The molecule has 2 rings (SSSR count). The summed E-state index contributed by atoms with van der Waals surface area (Å²) >= 11 is 5.56. The highest BCUT2D eigenvalue weighted by Crippen LogP contribution is 2.20. The minimum absolute atomic E-state index is 0.0493. The smallest absolute Gasteiger partial charge is 0.276 e. The number of nitrogens with zero attached hydrogens (tertiary/aromatic N) is 2. The number of nitrogens with one attached hydrogen (secondary N) is 2. The number of carbonyl (C=O) groups excluding carboxylic acids is 3. The minimum atomic E-state index is -0.887. The van der Waals surface area contributed by atoms with E-state index in [1.165, 1.54) is 24.5 Å². The summed E-state index contributed by atoms with van der Waals surface area (Å²) < 4.78 is 18.5. The lowest BCUT2D eigenvalue weighted by Gasteiger charge is -2.11. The highest BCUT2D eigenvalue weighted by molar-refractivity contribution is 6.30. The molecule has 0 atom stereocenters.